The van der Waals surface area contributed by atoms with Gasteiger partial charge in [0.1, 0.15) is 5.76 Å². The average molecular weight is 374 g/mol. The van der Waals surface area contributed by atoms with Crippen molar-refractivity contribution in [1.29, 1.82) is 0 Å². The number of rotatable bonds is 4. The van der Waals surface area contributed by atoms with Gasteiger partial charge in [0.25, 0.3) is 17.7 Å². The lowest BCUT2D eigenvalue weighted by atomic mass is 10.1. The number of furan rings is 1. The number of fused-ring (bicyclic) bond motifs is 1. The molecular weight excluding hydrogens is 356 g/mol. The molecule has 0 bridgehead atoms. The van der Waals surface area contributed by atoms with Crippen molar-refractivity contribution in [3.05, 3.63) is 88.4 Å². The minimum Gasteiger partial charge on any atom is -0.467 e. The molecule has 3 aromatic rings. The number of amides is 3. The highest BCUT2D eigenvalue weighted by atomic mass is 16.3. The van der Waals surface area contributed by atoms with Crippen molar-refractivity contribution >= 4 is 23.4 Å². The minimum atomic E-state index is -0.423. The lowest BCUT2D eigenvalue weighted by molar-refractivity contribution is 0.0923. The van der Waals surface area contributed by atoms with Gasteiger partial charge in [0, 0.05) is 5.56 Å². The van der Waals surface area contributed by atoms with E-state index in [0.29, 0.717) is 22.6 Å². The molecule has 0 saturated carbocycles. The highest BCUT2D eigenvalue weighted by molar-refractivity contribution is 6.35. The van der Waals surface area contributed by atoms with Crippen LogP contribution in [0.4, 0.5) is 5.69 Å². The predicted octanol–water partition coefficient (Wildman–Crippen LogP) is 3.63. The van der Waals surface area contributed by atoms with Crippen LogP contribution < -0.4 is 10.2 Å². The summed E-state index contributed by atoms with van der Waals surface area (Å²) >= 11 is 0. The topological polar surface area (TPSA) is 79.6 Å². The van der Waals surface area contributed by atoms with E-state index in [1.165, 1.54) is 23.3 Å². The summed E-state index contributed by atoms with van der Waals surface area (Å²) in [5.41, 5.74) is 3.29. The number of carbonyl (C=O) groups is 3. The largest absolute Gasteiger partial charge is 0.467 e. The summed E-state index contributed by atoms with van der Waals surface area (Å²) in [5.74, 6) is -0.520. The van der Waals surface area contributed by atoms with Gasteiger partial charge in [-0.25, -0.2) is 4.90 Å². The molecule has 0 aliphatic carbocycles. The number of imide groups is 1. The van der Waals surface area contributed by atoms with Gasteiger partial charge in [-0.05, 0) is 55.8 Å². The third kappa shape index (κ3) is 2.99. The van der Waals surface area contributed by atoms with Crippen LogP contribution in [-0.4, -0.2) is 17.7 Å². The molecule has 6 heteroatoms. The first-order valence-corrected chi connectivity index (χ1v) is 8.86. The number of hydrogen-bond donors (Lipinski definition) is 1. The number of nitrogens with one attached hydrogen (secondary N) is 1. The summed E-state index contributed by atoms with van der Waals surface area (Å²) in [6.45, 7) is 4.05. The van der Waals surface area contributed by atoms with Crippen molar-refractivity contribution in [1.82, 2.24) is 5.32 Å². The molecule has 0 fully saturated rings. The van der Waals surface area contributed by atoms with E-state index in [1.54, 1.807) is 24.3 Å². The van der Waals surface area contributed by atoms with Gasteiger partial charge in [0.2, 0.25) is 0 Å². The third-order valence-corrected chi connectivity index (χ3v) is 4.75. The molecule has 0 atom stereocenters. The Morgan fingerprint density at radius 1 is 1.00 bits per heavy atom. The second-order valence-electron chi connectivity index (χ2n) is 6.76. The van der Waals surface area contributed by atoms with Crippen LogP contribution in [0.2, 0.25) is 0 Å². The average Bonchev–Trinajstić information content (AvgIpc) is 3.28. The molecule has 140 valence electrons. The van der Waals surface area contributed by atoms with Gasteiger partial charge in [-0.2, -0.15) is 0 Å². The maximum Gasteiger partial charge on any atom is 0.266 e. The number of anilines is 1. The van der Waals surface area contributed by atoms with E-state index >= 15 is 0 Å². The Labute approximate surface area is 161 Å². The molecule has 3 amide bonds. The van der Waals surface area contributed by atoms with Crippen LogP contribution in [0.5, 0.6) is 0 Å². The second kappa shape index (κ2) is 6.81. The van der Waals surface area contributed by atoms with Crippen molar-refractivity contribution in [3.63, 3.8) is 0 Å². The van der Waals surface area contributed by atoms with Crippen molar-refractivity contribution < 1.29 is 18.8 Å². The number of hydrogen-bond acceptors (Lipinski definition) is 4. The summed E-state index contributed by atoms with van der Waals surface area (Å²) in [6, 6.07) is 13.6. The summed E-state index contributed by atoms with van der Waals surface area (Å²) in [7, 11) is 0. The van der Waals surface area contributed by atoms with Crippen LogP contribution in [0.25, 0.3) is 0 Å². The maximum atomic E-state index is 12.9. The highest BCUT2D eigenvalue weighted by Gasteiger charge is 2.37. The fourth-order valence-corrected chi connectivity index (χ4v) is 3.34. The maximum absolute atomic E-state index is 12.9. The van der Waals surface area contributed by atoms with Crippen molar-refractivity contribution in [2.75, 3.05) is 4.90 Å². The Balaban J connectivity index is 1.61. The van der Waals surface area contributed by atoms with Gasteiger partial charge in [0.05, 0.1) is 29.6 Å². The van der Waals surface area contributed by atoms with E-state index in [0.717, 1.165) is 11.1 Å². The fraction of sp³-hybridized carbons (Fsp3) is 0.136. The quantitative estimate of drug-likeness (QED) is 0.707. The van der Waals surface area contributed by atoms with Crippen molar-refractivity contribution in [2.24, 2.45) is 0 Å². The lowest BCUT2D eigenvalue weighted by Gasteiger charge is -2.16. The highest BCUT2D eigenvalue weighted by Crippen LogP contribution is 2.31. The molecule has 0 radical (unpaired) electrons. The van der Waals surface area contributed by atoms with Crippen LogP contribution in [0, 0.1) is 13.8 Å². The molecule has 2 heterocycles. The summed E-state index contributed by atoms with van der Waals surface area (Å²) < 4.78 is 5.19. The first kappa shape index (κ1) is 17.7. The summed E-state index contributed by atoms with van der Waals surface area (Å²) in [5, 5.41) is 2.73. The Morgan fingerprint density at radius 2 is 1.79 bits per heavy atom. The lowest BCUT2D eigenvalue weighted by Crippen LogP contribution is -2.30. The molecule has 28 heavy (non-hydrogen) atoms. The Kier molecular flexibility index (Phi) is 4.31. The van der Waals surface area contributed by atoms with E-state index in [9.17, 15) is 14.4 Å². The smallest absolute Gasteiger partial charge is 0.266 e. The van der Waals surface area contributed by atoms with Gasteiger partial charge in [-0.1, -0.05) is 17.7 Å². The van der Waals surface area contributed by atoms with Gasteiger partial charge < -0.3 is 9.73 Å². The van der Waals surface area contributed by atoms with E-state index in [1.807, 2.05) is 26.0 Å². The molecule has 1 N–H and O–H groups in total. The monoisotopic (exact) mass is 374 g/mol. The zero-order valence-corrected chi connectivity index (χ0v) is 15.5. The number of carbonyl (C=O) groups excluding carboxylic acids is 3. The predicted molar refractivity (Wildman–Crippen MR) is 103 cm³/mol. The van der Waals surface area contributed by atoms with Gasteiger partial charge >= 0.3 is 0 Å². The van der Waals surface area contributed by atoms with Gasteiger partial charge in [-0.3, -0.25) is 14.4 Å². The molecule has 1 aromatic heterocycles. The molecule has 1 aliphatic rings. The van der Waals surface area contributed by atoms with Gasteiger partial charge in [0.15, 0.2) is 0 Å². The number of nitrogens with zero attached hydrogens (tertiary/aromatic N) is 1. The van der Waals surface area contributed by atoms with Crippen molar-refractivity contribution in [3.8, 4) is 0 Å². The fourth-order valence-electron chi connectivity index (χ4n) is 3.34. The van der Waals surface area contributed by atoms with Crippen LogP contribution in [0.1, 0.15) is 48.0 Å². The summed E-state index contributed by atoms with van der Waals surface area (Å²) in [6.07, 6.45) is 1.53. The molecular formula is C22H18N2O4. The SMILES string of the molecule is Cc1ccc(N2C(=O)c3ccc(C(=O)NCc4ccco4)cc3C2=O)c(C)c1. The minimum absolute atomic E-state index is 0.232. The third-order valence-electron chi connectivity index (χ3n) is 4.75. The van der Waals surface area contributed by atoms with Crippen LogP contribution in [0.15, 0.2) is 59.2 Å². The van der Waals surface area contributed by atoms with Gasteiger partial charge in [-0.15, -0.1) is 0 Å². The standard InChI is InChI=1S/C22H18N2O4/c1-13-5-8-19(14(2)10-13)24-21(26)17-7-6-15(11-18(17)22(24)27)20(25)23-12-16-4-3-9-28-16/h3-11H,12H2,1-2H3,(H,23,25). The van der Waals surface area contributed by atoms with E-state index in [-0.39, 0.29) is 23.9 Å². The van der Waals surface area contributed by atoms with E-state index in [4.69, 9.17) is 4.42 Å². The number of benzene rings is 2. The van der Waals surface area contributed by atoms with Crippen molar-refractivity contribution in [2.45, 2.75) is 20.4 Å². The zero-order chi connectivity index (χ0) is 19.8. The normalized spacial score (nSPS) is 13.0. The molecule has 4 rings (SSSR count). The zero-order valence-electron chi connectivity index (χ0n) is 15.5. The Bertz CT molecular complexity index is 1100. The molecule has 6 nitrogen and oxygen atoms in total. The second-order valence-corrected chi connectivity index (χ2v) is 6.76. The molecule has 0 saturated heterocycles. The van der Waals surface area contributed by atoms with Crippen LogP contribution >= 0.6 is 0 Å². The molecule has 2 aromatic carbocycles. The first-order chi connectivity index (χ1) is 13.5. The number of aryl methyl sites for hydroxylation is 2. The molecule has 0 unspecified atom stereocenters. The Morgan fingerprint density at radius 3 is 2.50 bits per heavy atom. The van der Waals surface area contributed by atoms with E-state index in [2.05, 4.69) is 5.32 Å². The molecule has 1 aliphatic heterocycles. The first-order valence-electron chi connectivity index (χ1n) is 8.86. The van der Waals surface area contributed by atoms with E-state index < -0.39 is 5.91 Å². The molecule has 0 spiro atoms. The van der Waals surface area contributed by atoms with Crippen LogP contribution in [-0.2, 0) is 6.54 Å². The van der Waals surface area contributed by atoms with Crippen LogP contribution in [0.3, 0.4) is 0 Å². The Hall–Kier alpha value is -3.67. The summed E-state index contributed by atoms with van der Waals surface area (Å²) in [4.78, 5) is 39.3.